The predicted octanol–water partition coefficient (Wildman–Crippen LogP) is 4.03. The molecular weight excluding hydrogens is 428 g/mol. The average Bonchev–Trinajstić information content (AvgIpc) is 3.15. The molecule has 8 nitrogen and oxygen atoms in total. The largest absolute Gasteiger partial charge is 0.480 e. The monoisotopic (exact) mass is 454 g/mol. The van der Waals surface area contributed by atoms with E-state index in [1.807, 2.05) is 24.0 Å². The van der Waals surface area contributed by atoms with Crippen molar-refractivity contribution in [3.05, 3.63) is 46.1 Å². The third-order valence-electron chi connectivity index (χ3n) is 5.53. The molecule has 1 aromatic carbocycles. The zero-order valence-electron chi connectivity index (χ0n) is 18.4. The van der Waals surface area contributed by atoms with Crippen LogP contribution < -0.4 is 10.1 Å². The molecule has 9 heteroatoms. The standard InChI is InChI=1S/C23H26N4O4S/c1-14-18-21(31-3)25-17(13-30-2)26-22(18)32-19(14)20(28)24-16-10-6-5-9-15(16)23(29)27-11-7-4-8-12-27/h5-6,9-10H,4,7-8,11-13H2,1-3H3,(H,24,28). The fourth-order valence-electron chi connectivity index (χ4n) is 3.93. The fourth-order valence-corrected chi connectivity index (χ4v) is 5.01. The molecule has 0 atom stereocenters. The highest BCUT2D eigenvalue weighted by Crippen LogP contribution is 2.35. The zero-order chi connectivity index (χ0) is 22.7. The summed E-state index contributed by atoms with van der Waals surface area (Å²) in [6, 6.07) is 7.14. The molecule has 4 rings (SSSR count). The van der Waals surface area contributed by atoms with E-state index in [0.29, 0.717) is 38.0 Å². The summed E-state index contributed by atoms with van der Waals surface area (Å²) in [6.07, 6.45) is 3.16. The Kier molecular flexibility index (Phi) is 6.66. The molecule has 1 saturated heterocycles. The number of carbonyl (C=O) groups excluding carboxylic acids is 2. The number of anilines is 1. The molecule has 0 saturated carbocycles. The number of amides is 2. The number of carbonyl (C=O) groups is 2. The molecule has 3 aromatic rings. The van der Waals surface area contributed by atoms with E-state index >= 15 is 0 Å². The second kappa shape index (κ2) is 9.62. The number of nitrogens with one attached hydrogen (secondary N) is 1. The molecule has 1 aliphatic heterocycles. The van der Waals surface area contributed by atoms with Crippen molar-refractivity contribution in [3.63, 3.8) is 0 Å². The van der Waals surface area contributed by atoms with Gasteiger partial charge in [-0.1, -0.05) is 12.1 Å². The molecule has 168 valence electrons. The smallest absolute Gasteiger partial charge is 0.266 e. The minimum Gasteiger partial charge on any atom is -0.480 e. The second-order valence-electron chi connectivity index (χ2n) is 7.67. The number of benzene rings is 1. The molecule has 2 aromatic heterocycles. The number of piperidine rings is 1. The van der Waals surface area contributed by atoms with Gasteiger partial charge in [0, 0.05) is 20.2 Å². The first kappa shape index (κ1) is 22.2. The third kappa shape index (κ3) is 4.31. The van der Waals surface area contributed by atoms with Gasteiger partial charge < -0.3 is 19.7 Å². The maximum absolute atomic E-state index is 13.2. The van der Waals surface area contributed by atoms with Crippen LogP contribution in [0.2, 0.25) is 0 Å². The van der Waals surface area contributed by atoms with E-state index in [1.165, 1.54) is 18.4 Å². The molecule has 0 aliphatic carbocycles. The minimum absolute atomic E-state index is 0.0506. The van der Waals surface area contributed by atoms with Crippen LogP contribution in [-0.4, -0.2) is 54.0 Å². The van der Waals surface area contributed by atoms with Crippen molar-refractivity contribution >= 4 is 39.1 Å². The maximum atomic E-state index is 13.2. The molecule has 0 bridgehead atoms. The lowest BCUT2D eigenvalue weighted by Crippen LogP contribution is -2.36. The second-order valence-corrected chi connectivity index (χ2v) is 8.67. The summed E-state index contributed by atoms with van der Waals surface area (Å²) in [5.41, 5.74) is 1.74. The van der Waals surface area contributed by atoms with Gasteiger partial charge in [0.05, 0.1) is 28.6 Å². The van der Waals surface area contributed by atoms with E-state index in [0.717, 1.165) is 37.9 Å². The quantitative estimate of drug-likeness (QED) is 0.604. The van der Waals surface area contributed by atoms with E-state index in [1.54, 1.807) is 19.2 Å². The van der Waals surface area contributed by atoms with Crippen molar-refractivity contribution in [3.8, 4) is 5.88 Å². The fraction of sp³-hybridized carbons (Fsp3) is 0.391. The van der Waals surface area contributed by atoms with Crippen molar-refractivity contribution in [2.24, 2.45) is 0 Å². The molecule has 0 unspecified atom stereocenters. The Labute approximate surface area is 190 Å². The Morgan fingerprint density at radius 2 is 1.88 bits per heavy atom. The molecular formula is C23H26N4O4S. The lowest BCUT2D eigenvalue weighted by Gasteiger charge is -2.27. The average molecular weight is 455 g/mol. The third-order valence-corrected chi connectivity index (χ3v) is 6.71. The van der Waals surface area contributed by atoms with Crippen LogP contribution in [-0.2, 0) is 11.3 Å². The topological polar surface area (TPSA) is 93.7 Å². The number of thiophene rings is 1. The number of likely N-dealkylation sites (tertiary alicyclic amines) is 1. The first-order valence-corrected chi connectivity index (χ1v) is 11.4. The van der Waals surface area contributed by atoms with Gasteiger partial charge in [0.2, 0.25) is 5.88 Å². The number of nitrogens with zero attached hydrogens (tertiary/aromatic N) is 3. The molecule has 1 N–H and O–H groups in total. The highest BCUT2D eigenvalue weighted by atomic mass is 32.1. The van der Waals surface area contributed by atoms with Gasteiger partial charge >= 0.3 is 0 Å². The van der Waals surface area contributed by atoms with Gasteiger partial charge in [0.1, 0.15) is 11.4 Å². The highest BCUT2D eigenvalue weighted by molar-refractivity contribution is 7.20. The lowest BCUT2D eigenvalue weighted by molar-refractivity contribution is 0.0725. The Bertz CT molecular complexity index is 1150. The van der Waals surface area contributed by atoms with Gasteiger partial charge in [-0.15, -0.1) is 11.3 Å². The molecule has 0 spiro atoms. The predicted molar refractivity (Wildman–Crippen MR) is 124 cm³/mol. The van der Waals surface area contributed by atoms with Crippen molar-refractivity contribution in [1.29, 1.82) is 0 Å². The van der Waals surface area contributed by atoms with E-state index in [4.69, 9.17) is 9.47 Å². The Balaban J connectivity index is 1.65. The SMILES string of the molecule is COCc1nc(OC)c2c(C)c(C(=O)Nc3ccccc3C(=O)N3CCCCC3)sc2n1. The Morgan fingerprint density at radius 3 is 2.59 bits per heavy atom. The van der Waals surface area contributed by atoms with Crippen LogP contribution in [0.3, 0.4) is 0 Å². The number of fused-ring (bicyclic) bond motifs is 1. The van der Waals surface area contributed by atoms with Crippen LogP contribution in [0.4, 0.5) is 5.69 Å². The van der Waals surface area contributed by atoms with Crippen molar-refractivity contribution in [2.75, 3.05) is 32.6 Å². The number of aryl methyl sites for hydroxylation is 1. The van der Waals surface area contributed by atoms with E-state index < -0.39 is 0 Å². The number of aromatic nitrogens is 2. The van der Waals surface area contributed by atoms with Crippen molar-refractivity contribution in [1.82, 2.24) is 14.9 Å². The lowest BCUT2D eigenvalue weighted by atomic mass is 10.1. The number of para-hydroxylation sites is 1. The van der Waals surface area contributed by atoms with E-state index in [9.17, 15) is 9.59 Å². The normalized spacial score (nSPS) is 13.9. The van der Waals surface area contributed by atoms with Gasteiger partial charge in [-0.2, -0.15) is 4.98 Å². The molecule has 2 amide bonds. The minimum atomic E-state index is -0.292. The molecule has 1 aliphatic rings. The summed E-state index contributed by atoms with van der Waals surface area (Å²) in [6.45, 7) is 3.59. The van der Waals surface area contributed by atoms with Crippen LogP contribution in [0.15, 0.2) is 24.3 Å². The maximum Gasteiger partial charge on any atom is 0.266 e. The van der Waals surface area contributed by atoms with Gasteiger partial charge in [0.15, 0.2) is 5.82 Å². The first-order valence-electron chi connectivity index (χ1n) is 10.6. The van der Waals surface area contributed by atoms with Gasteiger partial charge in [-0.3, -0.25) is 9.59 Å². The summed E-state index contributed by atoms with van der Waals surface area (Å²) in [5, 5.41) is 3.64. The van der Waals surface area contributed by atoms with Crippen LogP contribution in [0, 0.1) is 6.92 Å². The van der Waals surface area contributed by atoms with Crippen molar-refractivity contribution < 1.29 is 19.1 Å². The highest BCUT2D eigenvalue weighted by Gasteiger charge is 2.24. The zero-order valence-corrected chi connectivity index (χ0v) is 19.3. The van der Waals surface area contributed by atoms with Crippen LogP contribution in [0.25, 0.3) is 10.2 Å². The van der Waals surface area contributed by atoms with Crippen LogP contribution in [0.5, 0.6) is 5.88 Å². The Hall–Kier alpha value is -3.04. The number of rotatable bonds is 6. The summed E-state index contributed by atoms with van der Waals surface area (Å²) in [7, 11) is 3.11. The number of hydrogen-bond donors (Lipinski definition) is 1. The van der Waals surface area contributed by atoms with Crippen LogP contribution >= 0.6 is 11.3 Å². The molecule has 3 heterocycles. The molecule has 1 fully saturated rings. The summed E-state index contributed by atoms with van der Waals surface area (Å²) < 4.78 is 10.6. The van der Waals surface area contributed by atoms with Gasteiger partial charge in [-0.05, 0) is 43.9 Å². The summed E-state index contributed by atoms with van der Waals surface area (Å²) >= 11 is 1.27. The Morgan fingerprint density at radius 1 is 1.12 bits per heavy atom. The molecule has 32 heavy (non-hydrogen) atoms. The van der Waals surface area contributed by atoms with Crippen LogP contribution in [0.1, 0.15) is 50.7 Å². The van der Waals surface area contributed by atoms with Crippen molar-refractivity contribution in [2.45, 2.75) is 32.8 Å². The first-order chi connectivity index (χ1) is 15.5. The van der Waals surface area contributed by atoms with Gasteiger partial charge in [-0.25, -0.2) is 4.98 Å². The number of methoxy groups -OCH3 is 2. The summed E-state index contributed by atoms with van der Waals surface area (Å²) in [5.74, 6) is 0.559. The van der Waals surface area contributed by atoms with E-state index in [-0.39, 0.29) is 18.4 Å². The molecule has 0 radical (unpaired) electrons. The number of ether oxygens (including phenoxy) is 2. The van der Waals surface area contributed by atoms with Gasteiger partial charge in [0.25, 0.3) is 11.8 Å². The van der Waals surface area contributed by atoms with E-state index in [2.05, 4.69) is 15.3 Å². The summed E-state index contributed by atoms with van der Waals surface area (Å²) in [4.78, 5) is 38.2. The number of hydrogen-bond acceptors (Lipinski definition) is 7.